The van der Waals surface area contributed by atoms with E-state index in [0.29, 0.717) is 37.9 Å². The number of hydrogen-bond donors (Lipinski definition) is 1. The molecule has 0 saturated heterocycles. The molecule has 6 aromatic carbocycles. The molecule has 0 aliphatic carbocycles. The lowest BCUT2D eigenvalue weighted by molar-refractivity contribution is -0.122. The number of aryl methyl sites for hydroxylation is 8. The second-order valence-corrected chi connectivity index (χ2v) is 16.1. The summed E-state index contributed by atoms with van der Waals surface area (Å²) in [5.41, 5.74) is 13.5. The van der Waals surface area contributed by atoms with Gasteiger partial charge in [-0.1, -0.05) is 24.3 Å². The van der Waals surface area contributed by atoms with Crippen molar-refractivity contribution in [3.05, 3.63) is 176 Å². The van der Waals surface area contributed by atoms with Crippen molar-refractivity contribution in [3.63, 3.8) is 0 Å². The van der Waals surface area contributed by atoms with Crippen LogP contribution in [0.2, 0.25) is 0 Å². The molecule has 11 heteroatoms. The molecule has 9 nitrogen and oxygen atoms in total. The van der Waals surface area contributed by atoms with Crippen LogP contribution in [0.15, 0.2) is 109 Å². The Bertz CT molecular complexity index is 2370. The van der Waals surface area contributed by atoms with Crippen LogP contribution < -0.4 is 33.7 Å². The number of rotatable bonds is 18. The highest BCUT2D eigenvalue weighted by molar-refractivity contribution is 15.0. The Morgan fingerprint density at radius 1 is 0.385 bits per heavy atom. The van der Waals surface area contributed by atoms with E-state index in [9.17, 15) is 9.59 Å². The van der Waals surface area contributed by atoms with Crippen molar-refractivity contribution < 1.29 is 38.0 Å². The SMILES string of the molecule is CC(=O)COc1cc(COc2ccc(C)c(C)c2)cc(COc2ccc(C)c(C)c2)c1.CNC(=O)COc1cc(COc2ccc(C)c(C)c2)cc(COc2ccc(C)c(C)c2)c1.II. The summed E-state index contributed by atoms with van der Waals surface area (Å²) in [7, 11) is 1.59. The summed E-state index contributed by atoms with van der Waals surface area (Å²) in [5.74, 6) is 4.32. The van der Waals surface area contributed by atoms with Crippen LogP contribution in [-0.2, 0) is 36.0 Å². The minimum absolute atomic E-state index is 0.0234. The normalized spacial score (nSPS) is 10.3. The fourth-order valence-corrected chi connectivity index (χ4v) is 6.24. The molecule has 0 aliphatic heterocycles. The molecule has 6 aromatic rings. The first-order valence-electron chi connectivity index (χ1n) is 21.3. The Morgan fingerprint density at radius 2 is 0.662 bits per heavy atom. The molecule has 0 bridgehead atoms. The third-order valence-electron chi connectivity index (χ3n) is 10.7. The predicted molar refractivity (Wildman–Crippen MR) is 278 cm³/mol. The molecule has 0 spiro atoms. The second-order valence-electron chi connectivity index (χ2n) is 16.1. The van der Waals surface area contributed by atoms with Gasteiger partial charge in [0.2, 0.25) is 0 Å². The number of likely N-dealkylation sites (N-methyl/N-ethyl adjacent to an activating group) is 1. The van der Waals surface area contributed by atoms with Crippen LogP contribution in [0, 0.1) is 55.4 Å². The molecule has 0 fully saturated rings. The molecular weight excluding hydrogens is 1040 g/mol. The maximum absolute atomic E-state index is 11.6. The highest BCUT2D eigenvalue weighted by Crippen LogP contribution is 2.26. The first-order valence-corrected chi connectivity index (χ1v) is 27.6. The van der Waals surface area contributed by atoms with E-state index in [0.717, 1.165) is 45.3 Å². The van der Waals surface area contributed by atoms with Gasteiger partial charge in [-0.05, 0) is 214 Å². The van der Waals surface area contributed by atoms with Crippen LogP contribution in [0.5, 0.6) is 34.5 Å². The summed E-state index contributed by atoms with van der Waals surface area (Å²) in [6.07, 6.45) is 0. The Hall–Kier alpha value is -5.28. The average Bonchev–Trinajstić information content (AvgIpc) is 3.30. The van der Waals surface area contributed by atoms with Crippen molar-refractivity contribution in [1.29, 1.82) is 0 Å². The smallest absolute Gasteiger partial charge is 0.257 e. The average molecular weight is 1110 g/mol. The molecule has 0 saturated carbocycles. The van der Waals surface area contributed by atoms with Crippen LogP contribution in [-0.4, -0.2) is 32.0 Å². The molecule has 0 atom stereocenters. The predicted octanol–water partition coefficient (Wildman–Crippen LogP) is 13.0. The summed E-state index contributed by atoms with van der Waals surface area (Å²) >= 11 is 4.24. The van der Waals surface area contributed by atoms with Crippen molar-refractivity contribution in [1.82, 2.24) is 5.32 Å². The third kappa shape index (κ3) is 17.9. The molecule has 0 radical (unpaired) electrons. The number of nitrogens with one attached hydrogen (secondary N) is 1. The first kappa shape index (κ1) is 52.3. The van der Waals surface area contributed by atoms with Gasteiger partial charge in [0, 0.05) is 44.3 Å². The van der Waals surface area contributed by atoms with Crippen molar-refractivity contribution in [2.24, 2.45) is 0 Å². The van der Waals surface area contributed by atoms with Gasteiger partial charge in [0.25, 0.3) is 5.91 Å². The van der Waals surface area contributed by atoms with Crippen LogP contribution in [0.3, 0.4) is 0 Å². The molecule has 0 unspecified atom stereocenters. The molecule has 6 rings (SSSR count). The van der Waals surface area contributed by atoms with E-state index in [2.05, 4.69) is 122 Å². The minimum atomic E-state index is -0.185. The number of hydrogen-bond acceptors (Lipinski definition) is 8. The van der Waals surface area contributed by atoms with Gasteiger partial charge in [-0.2, -0.15) is 0 Å². The number of benzene rings is 6. The molecule has 0 aromatic heterocycles. The number of amides is 1. The maximum Gasteiger partial charge on any atom is 0.257 e. The number of Topliss-reactive ketones (excluding diaryl/α,β-unsaturated/α-hetero) is 1. The van der Waals surface area contributed by atoms with Gasteiger partial charge in [-0.15, -0.1) is 0 Å². The van der Waals surface area contributed by atoms with Gasteiger partial charge in [-0.3, -0.25) is 9.59 Å². The van der Waals surface area contributed by atoms with Crippen LogP contribution in [0.4, 0.5) is 0 Å². The minimum Gasteiger partial charge on any atom is -0.489 e. The molecule has 1 N–H and O–H groups in total. The highest BCUT2D eigenvalue weighted by atomic mass is 128. The summed E-state index contributed by atoms with van der Waals surface area (Å²) in [6.45, 7) is 19.7. The standard InChI is InChI=1S/C27H31NO4.C27H30O4.I2/c1-18-6-8-24(10-20(18)3)30-15-22-12-23(14-26(13-22)32-17-27(29)28-5)16-31-25-9-7-19(2)21(4)11-25;1-18-6-8-25(10-20(18)3)30-16-23-12-24(14-27(13-23)29-15-22(5)28)17-31-26-9-7-19(2)21(4)11-26;1-2/h6-14H,15-17H2,1-5H3,(H,28,29);6-14H,15-17H2,1-5H3;. The zero-order chi connectivity index (χ0) is 47.5. The quantitative estimate of drug-likeness (QED) is 0.0850. The topological polar surface area (TPSA) is 102 Å². The monoisotopic (exact) mass is 1110 g/mol. The Balaban J connectivity index is 0.000000274. The Labute approximate surface area is 408 Å². The van der Waals surface area contributed by atoms with E-state index in [1.54, 1.807) is 7.05 Å². The molecule has 0 heterocycles. The molecule has 65 heavy (non-hydrogen) atoms. The van der Waals surface area contributed by atoms with Gasteiger partial charge in [-0.25, -0.2) is 0 Å². The Morgan fingerprint density at radius 3 is 0.908 bits per heavy atom. The van der Waals surface area contributed by atoms with Crippen LogP contribution >= 0.6 is 37.2 Å². The van der Waals surface area contributed by atoms with E-state index in [4.69, 9.17) is 28.4 Å². The van der Waals surface area contributed by atoms with Crippen LogP contribution in [0.1, 0.15) is 73.7 Å². The van der Waals surface area contributed by atoms with Crippen molar-refractivity contribution in [2.45, 2.75) is 88.7 Å². The van der Waals surface area contributed by atoms with Gasteiger partial charge >= 0.3 is 0 Å². The van der Waals surface area contributed by atoms with Gasteiger partial charge < -0.3 is 33.7 Å². The van der Waals surface area contributed by atoms with Crippen molar-refractivity contribution >= 4 is 48.9 Å². The lowest BCUT2D eigenvalue weighted by atomic mass is 10.1. The lowest BCUT2D eigenvalue weighted by Crippen LogP contribution is -2.24. The van der Waals surface area contributed by atoms with E-state index < -0.39 is 0 Å². The number of ketones is 1. The summed E-state index contributed by atoms with van der Waals surface area (Å²) in [4.78, 5) is 23.0. The summed E-state index contributed by atoms with van der Waals surface area (Å²) in [5, 5.41) is 2.56. The number of carbonyl (C=O) groups is 2. The maximum atomic E-state index is 11.6. The zero-order valence-corrected chi connectivity index (χ0v) is 43.5. The number of halogens is 2. The first-order chi connectivity index (χ1) is 31.1. The van der Waals surface area contributed by atoms with Gasteiger partial charge in [0.1, 0.15) is 67.5 Å². The largest absolute Gasteiger partial charge is 0.489 e. The van der Waals surface area contributed by atoms with E-state index >= 15 is 0 Å². The van der Waals surface area contributed by atoms with Gasteiger partial charge in [0.05, 0.1) is 0 Å². The third-order valence-corrected chi connectivity index (χ3v) is 10.7. The molecule has 0 aliphatic rings. The lowest BCUT2D eigenvalue weighted by Gasteiger charge is -2.14. The summed E-state index contributed by atoms with van der Waals surface area (Å²) in [6, 6.07) is 35.9. The molecular formula is C54H61I2NO8. The fraction of sp³-hybridized carbons (Fsp3) is 0.296. The van der Waals surface area contributed by atoms with E-state index in [1.165, 1.54) is 51.4 Å². The van der Waals surface area contributed by atoms with Gasteiger partial charge in [0.15, 0.2) is 12.4 Å². The fourth-order valence-electron chi connectivity index (χ4n) is 6.24. The van der Waals surface area contributed by atoms with Crippen LogP contribution in [0.25, 0.3) is 0 Å². The summed E-state index contributed by atoms with van der Waals surface area (Å²) < 4.78 is 35.3. The number of ether oxygens (including phenoxy) is 6. The molecule has 1 amide bonds. The van der Waals surface area contributed by atoms with E-state index in [1.807, 2.05) is 84.9 Å². The number of carbonyl (C=O) groups excluding carboxylic acids is 2. The van der Waals surface area contributed by atoms with E-state index in [-0.39, 0.29) is 24.9 Å². The zero-order valence-electron chi connectivity index (χ0n) is 39.2. The van der Waals surface area contributed by atoms with Crippen molar-refractivity contribution in [2.75, 3.05) is 20.3 Å². The Kier molecular flexibility index (Phi) is 21.4. The van der Waals surface area contributed by atoms with Crippen molar-refractivity contribution in [3.8, 4) is 34.5 Å². The second kappa shape index (κ2) is 26.6. The molecule has 344 valence electrons. The highest BCUT2D eigenvalue weighted by Gasteiger charge is 2.10.